The molecule has 1 heterocycles. The number of ether oxygens (including phenoxy) is 1. The molecule has 2 fully saturated rings. The van der Waals surface area contributed by atoms with E-state index in [1.54, 1.807) is 0 Å². The zero-order chi connectivity index (χ0) is 10.7. The molecule has 0 unspecified atom stereocenters. The average Bonchev–Trinajstić information content (AvgIpc) is 2.16. The fraction of sp³-hybridized carbons (Fsp3) is 0.909. The van der Waals surface area contributed by atoms with Crippen LogP contribution in [-0.2, 0) is 9.53 Å². The monoisotopic (exact) mass is 213 g/mol. The van der Waals surface area contributed by atoms with Gasteiger partial charge in [-0.2, -0.15) is 0 Å². The van der Waals surface area contributed by atoms with E-state index in [1.807, 2.05) is 0 Å². The zero-order valence-corrected chi connectivity index (χ0v) is 9.00. The summed E-state index contributed by atoms with van der Waals surface area (Å²) in [6, 6.07) is 0. The third-order valence-electron chi connectivity index (χ3n) is 3.71. The van der Waals surface area contributed by atoms with Crippen LogP contribution in [0.15, 0.2) is 0 Å². The highest BCUT2D eigenvalue weighted by Crippen LogP contribution is 2.28. The number of carboxylic acids is 1. The Morgan fingerprint density at radius 1 is 1.40 bits per heavy atom. The average molecular weight is 213 g/mol. The predicted molar refractivity (Wildman–Crippen MR) is 55.8 cm³/mol. The van der Waals surface area contributed by atoms with Gasteiger partial charge >= 0.3 is 5.97 Å². The second-order valence-electron chi connectivity index (χ2n) is 4.68. The second-order valence-corrected chi connectivity index (χ2v) is 4.68. The van der Waals surface area contributed by atoms with Crippen LogP contribution in [-0.4, -0.2) is 36.4 Å². The van der Waals surface area contributed by atoms with Gasteiger partial charge in [0.15, 0.2) is 0 Å². The van der Waals surface area contributed by atoms with E-state index < -0.39 is 11.5 Å². The zero-order valence-electron chi connectivity index (χ0n) is 9.00. The number of hydrogen-bond acceptors (Lipinski definition) is 3. The van der Waals surface area contributed by atoms with Crippen LogP contribution in [0.25, 0.3) is 0 Å². The Morgan fingerprint density at radius 2 is 2.07 bits per heavy atom. The third-order valence-corrected chi connectivity index (χ3v) is 3.71. The highest BCUT2D eigenvalue weighted by atomic mass is 16.5. The van der Waals surface area contributed by atoms with E-state index >= 15 is 0 Å². The number of rotatable bonds is 4. The molecular formula is C11H19NO3. The first-order valence-electron chi connectivity index (χ1n) is 5.79. The molecule has 2 aliphatic rings. The van der Waals surface area contributed by atoms with Crippen LogP contribution in [0.4, 0.5) is 0 Å². The molecule has 0 aromatic carbocycles. The van der Waals surface area contributed by atoms with Gasteiger partial charge in [-0.25, -0.2) is 0 Å². The topological polar surface area (TPSA) is 58.6 Å². The van der Waals surface area contributed by atoms with E-state index in [9.17, 15) is 9.90 Å². The molecule has 1 aliphatic heterocycles. The largest absolute Gasteiger partial charge is 0.480 e. The maximum absolute atomic E-state index is 11.3. The van der Waals surface area contributed by atoms with E-state index in [-0.39, 0.29) is 0 Å². The van der Waals surface area contributed by atoms with Gasteiger partial charge in [-0.05, 0) is 38.1 Å². The van der Waals surface area contributed by atoms with Gasteiger partial charge in [0.1, 0.15) is 5.54 Å². The Labute approximate surface area is 90.0 Å². The Kier molecular flexibility index (Phi) is 3.26. The highest BCUT2D eigenvalue weighted by molar-refractivity contribution is 5.78. The first-order chi connectivity index (χ1) is 7.23. The van der Waals surface area contributed by atoms with Gasteiger partial charge in [0.05, 0.1) is 0 Å². The van der Waals surface area contributed by atoms with E-state index in [4.69, 9.17) is 4.74 Å². The number of carbonyl (C=O) groups is 1. The number of aliphatic carboxylic acids is 1. The molecule has 4 nitrogen and oxygen atoms in total. The minimum atomic E-state index is -0.717. The molecule has 0 spiro atoms. The summed E-state index contributed by atoms with van der Waals surface area (Å²) in [6.07, 6.45) is 4.98. The van der Waals surface area contributed by atoms with E-state index in [0.29, 0.717) is 32.0 Å². The lowest BCUT2D eigenvalue weighted by Crippen LogP contribution is -2.56. The number of nitrogens with one attached hydrogen (secondary N) is 1. The minimum Gasteiger partial charge on any atom is -0.480 e. The molecule has 0 atom stereocenters. The van der Waals surface area contributed by atoms with Gasteiger partial charge in [0.25, 0.3) is 0 Å². The van der Waals surface area contributed by atoms with E-state index in [2.05, 4.69) is 5.32 Å². The molecule has 0 radical (unpaired) electrons. The molecule has 2 rings (SSSR count). The van der Waals surface area contributed by atoms with Gasteiger partial charge in [-0.15, -0.1) is 0 Å². The SMILES string of the molecule is O=C(O)C1(NCC2CCC2)CCOCC1. The number of carboxylic acid groups (broad SMARTS) is 1. The van der Waals surface area contributed by atoms with Crippen molar-refractivity contribution < 1.29 is 14.6 Å². The van der Waals surface area contributed by atoms with Crippen molar-refractivity contribution in [3.05, 3.63) is 0 Å². The van der Waals surface area contributed by atoms with Crippen LogP contribution in [0.3, 0.4) is 0 Å². The lowest BCUT2D eigenvalue weighted by atomic mass is 9.83. The maximum atomic E-state index is 11.3. The predicted octanol–water partition coefficient (Wildman–Crippen LogP) is 1.01. The van der Waals surface area contributed by atoms with Crippen LogP contribution >= 0.6 is 0 Å². The molecular weight excluding hydrogens is 194 g/mol. The summed E-state index contributed by atoms with van der Waals surface area (Å²) in [5, 5.41) is 12.5. The van der Waals surface area contributed by atoms with Gasteiger partial charge in [0.2, 0.25) is 0 Å². The Morgan fingerprint density at radius 3 is 2.53 bits per heavy atom. The van der Waals surface area contributed by atoms with Crippen LogP contribution in [0.5, 0.6) is 0 Å². The van der Waals surface area contributed by atoms with Crippen LogP contribution in [0.1, 0.15) is 32.1 Å². The van der Waals surface area contributed by atoms with Crippen molar-refractivity contribution >= 4 is 5.97 Å². The van der Waals surface area contributed by atoms with Crippen molar-refractivity contribution in [1.82, 2.24) is 5.32 Å². The van der Waals surface area contributed by atoms with E-state index in [1.165, 1.54) is 19.3 Å². The summed E-state index contributed by atoms with van der Waals surface area (Å²) >= 11 is 0. The fourth-order valence-corrected chi connectivity index (χ4v) is 2.22. The summed E-state index contributed by atoms with van der Waals surface area (Å²) in [5.74, 6) is -0.0193. The molecule has 4 heteroatoms. The summed E-state index contributed by atoms with van der Waals surface area (Å²) in [4.78, 5) is 11.3. The lowest BCUT2D eigenvalue weighted by molar-refractivity contribution is -0.149. The second kappa shape index (κ2) is 4.49. The van der Waals surface area contributed by atoms with Crippen LogP contribution in [0.2, 0.25) is 0 Å². The maximum Gasteiger partial charge on any atom is 0.324 e. The third kappa shape index (κ3) is 2.32. The smallest absolute Gasteiger partial charge is 0.324 e. The van der Waals surface area contributed by atoms with Gasteiger partial charge in [0, 0.05) is 13.2 Å². The van der Waals surface area contributed by atoms with Gasteiger partial charge in [-0.1, -0.05) is 6.42 Å². The number of hydrogen-bond donors (Lipinski definition) is 2. The Hall–Kier alpha value is -0.610. The van der Waals surface area contributed by atoms with Crippen LogP contribution in [0, 0.1) is 5.92 Å². The standard InChI is InChI=1S/C11H19NO3/c13-10(14)11(4-6-15-7-5-11)12-8-9-2-1-3-9/h9,12H,1-8H2,(H,13,14). The van der Waals surface area contributed by atoms with Crippen LogP contribution < -0.4 is 5.32 Å². The molecule has 0 bridgehead atoms. The molecule has 1 saturated carbocycles. The molecule has 1 saturated heterocycles. The molecule has 0 aromatic heterocycles. The molecule has 2 N–H and O–H groups in total. The van der Waals surface area contributed by atoms with Crippen molar-refractivity contribution in [1.29, 1.82) is 0 Å². The summed E-state index contributed by atoms with van der Waals surface area (Å²) < 4.78 is 5.22. The highest BCUT2D eigenvalue weighted by Gasteiger charge is 2.40. The first kappa shape index (κ1) is 10.9. The molecule has 1 aliphatic carbocycles. The van der Waals surface area contributed by atoms with Crippen molar-refractivity contribution in [2.24, 2.45) is 5.92 Å². The summed E-state index contributed by atoms with van der Waals surface area (Å²) in [6.45, 7) is 1.97. The van der Waals surface area contributed by atoms with Crippen molar-refractivity contribution in [3.8, 4) is 0 Å². The van der Waals surface area contributed by atoms with Crippen molar-refractivity contribution in [2.75, 3.05) is 19.8 Å². The van der Waals surface area contributed by atoms with E-state index in [0.717, 1.165) is 6.54 Å². The quantitative estimate of drug-likeness (QED) is 0.731. The summed E-state index contributed by atoms with van der Waals surface area (Å²) in [5.41, 5.74) is -0.714. The van der Waals surface area contributed by atoms with Gasteiger partial charge in [-0.3, -0.25) is 4.79 Å². The first-order valence-corrected chi connectivity index (χ1v) is 5.79. The molecule has 0 amide bonds. The van der Waals surface area contributed by atoms with Crippen molar-refractivity contribution in [3.63, 3.8) is 0 Å². The Balaban J connectivity index is 1.88. The Bertz CT molecular complexity index is 232. The lowest BCUT2D eigenvalue weighted by Gasteiger charge is -2.37. The van der Waals surface area contributed by atoms with Gasteiger partial charge < -0.3 is 15.2 Å². The molecule has 0 aromatic rings. The van der Waals surface area contributed by atoms with Crippen molar-refractivity contribution in [2.45, 2.75) is 37.6 Å². The normalized spacial score (nSPS) is 25.9. The summed E-state index contributed by atoms with van der Waals surface area (Å²) in [7, 11) is 0. The fourth-order valence-electron chi connectivity index (χ4n) is 2.22. The molecule has 86 valence electrons. The minimum absolute atomic E-state index is 0.559. The molecule has 15 heavy (non-hydrogen) atoms.